The Labute approximate surface area is 123 Å². The van der Waals surface area contributed by atoms with Crippen LogP contribution in [0.3, 0.4) is 0 Å². The molecule has 2 aromatic rings. The molecule has 0 aliphatic rings. The van der Waals surface area contributed by atoms with Gasteiger partial charge in [0.15, 0.2) is 0 Å². The molecule has 1 nitrogen and oxygen atoms in total. The van der Waals surface area contributed by atoms with Crippen molar-refractivity contribution in [2.24, 2.45) is 5.73 Å². The van der Waals surface area contributed by atoms with E-state index in [-0.39, 0.29) is 12.4 Å². The molecule has 102 valence electrons. The van der Waals surface area contributed by atoms with Crippen molar-refractivity contribution in [1.82, 2.24) is 0 Å². The second-order valence-electron chi connectivity index (χ2n) is 4.33. The fourth-order valence-electron chi connectivity index (χ4n) is 1.82. The first-order chi connectivity index (χ1) is 9.78. The summed E-state index contributed by atoms with van der Waals surface area (Å²) in [6.45, 7) is 0.286. The summed E-state index contributed by atoms with van der Waals surface area (Å²) in [6.07, 6.45) is 0. The highest BCUT2D eigenvalue weighted by atomic mass is 32.2. The van der Waals surface area contributed by atoms with Gasteiger partial charge in [-0.15, -0.1) is 0 Å². The highest BCUT2D eigenvalue weighted by molar-refractivity contribution is 7.97. The lowest BCUT2D eigenvalue weighted by molar-refractivity contribution is 0.626. The number of rotatable bonds is 4. The first kappa shape index (κ1) is 14.6. The maximum absolute atomic E-state index is 13.5. The highest BCUT2D eigenvalue weighted by Gasteiger charge is 2.00. The van der Waals surface area contributed by atoms with Crippen molar-refractivity contribution < 1.29 is 4.39 Å². The zero-order valence-electron chi connectivity index (χ0n) is 11.1. The Bertz CT molecular complexity index is 614. The van der Waals surface area contributed by atoms with E-state index in [0.29, 0.717) is 5.56 Å². The number of benzene rings is 2. The Morgan fingerprint density at radius 2 is 1.75 bits per heavy atom. The monoisotopic (exact) mass is 285 g/mol. The molecule has 0 aliphatic carbocycles. The van der Waals surface area contributed by atoms with Crippen LogP contribution in [0, 0.1) is 17.7 Å². The summed E-state index contributed by atoms with van der Waals surface area (Å²) in [4.78, 5) is 0. The molecule has 0 saturated heterocycles. The Hall–Kier alpha value is -1.76. The largest absolute Gasteiger partial charge is 0.320 e. The van der Waals surface area contributed by atoms with Gasteiger partial charge in [-0.2, -0.15) is 11.8 Å². The summed E-state index contributed by atoms with van der Waals surface area (Å²) in [5.41, 5.74) is 8.24. The van der Waals surface area contributed by atoms with Gasteiger partial charge in [0.05, 0.1) is 6.54 Å². The molecule has 0 bridgehead atoms. The van der Waals surface area contributed by atoms with Gasteiger partial charge in [-0.3, -0.25) is 0 Å². The third kappa shape index (κ3) is 4.73. The molecule has 2 rings (SSSR count). The molecule has 0 saturated carbocycles. The Balaban J connectivity index is 1.97. The molecule has 0 radical (unpaired) electrons. The average molecular weight is 285 g/mol. The molecule has 0 atom stereocenters. The first-order valence-corrected chi connectivity index (χ1v) is 7.53. The van der Waals surface area contributed by atoms with Gasteiger partial charge in [0.1, 0.15) is 5.82 Å². The summed E-state index contributed by atoms with van der Waals surface area (Å²) in [6, 6.07) is 15.2. The average Bonchev–Trinajstić information content (AvgIpc) is 2.46. The number of nitrogens with two attached hydrogens (primary N) is 1. The predicted octanol–water partition coefficient (Wildman–Crippen LogP) is 3.57. The van der Waals surface area contributed by atoms with Gasteiger partial charge >= 0.3 is 0 Å². The van der Waals surface area contributed by atoms with Crippen LogP contribution in [0.1, 0.15) is 16.7 Å². The van der Waals surface area contributed by atoms with Gasteiger partial charge in [-0.1, -0.05) is 42.2 Å². The number of halogens is 1. The molecule has 2 N–H and O–H groups in total. The van der Waals surface area contributed by atoms with E-state index in [4.69, 9.17) is 5.73 Å². The lowest BCUT2D eigenvalue weighted by atomic mass is 10.1. The van der Waals surface area contributed by atoms with E-state index in [2.05, 4.69) is 24.0 Å². The van der Waals surface area contributed by atoms with Crippen LogP contribution in [-0.2, 0) is 11.5 Å². The molecule has 0 aromatic heterocycles. The molecule has 0 heterocycles. The summed E-state index contributed by atoms with van der Waals surface area (Å²) in [5.74, 6) is 7.05. The zero-order valence-corrected chi connectivity index (χ0v) is 11.9. The third-order valence-electron chi connectivity index (χ3n) is 2.67. The summed E-state index contributed by atoms with van der Waals surface area (Å²) < 4.78 is 13.5. The molecule has 2 aromatic carbocycles. The smallest absolute Gasteiger partial charge is 0.124 e. The lowest BCUT2D eigenvalue weighted by Gasteiger charge is -2.04. The molecule has 20 heavy (non-hydrogen) atoms. The highest BCUT2D eigenvalue weighted by Crippen LogP contribution is 2.19. The minimum Gasteiger partial charge on any atom is -0.320 e. The van der Waals surface area contributed by atoms with Gasteiger partial charge in [-0.05, 0) is 29.3 Å². The molecule has 0 amide bonds. The van der Waals surface area contributed by atoms with Crippen molar-refractivity contribution >= 4 is 11.8 Å². The van der Waals surface area contributed by atoms with Crippen molar-refractivity contribution in [2.75, 3.05) is 6.54 Å². The van der Waals surface area contributed by atoms with E-state index < -0.39 is 0 Å². The van der Waals surface area contributed by atoms with Gasteiger partial charge in [0, 0.05) is 17.1 Å². The maximum atomic E-state index is 13.5. The lowest BCUT2D eigenvalue weighted by Crippen LogP contribution is -1.93. The Morgan fingerprint density at radius 1 is 1.00 bits per heavy atom. The summed E-state index contributed by atoms with van der Waals surface area (Å²) >= 11 is 1.76. The van der Waals surface area contributed by atoms with Crippen LogP contribution in [0.4, 0.5) is 4.39 Å². The second-order valence-corrected chi connectivity index (χ2v) is 5.32. The zero-order chi connectivity index (χ0) is 14.2. The third-order valence-corrected chi connectivity index (χ3v) is 3.75. The van der Waals surface area contributed by atoms with E-state index >= 15 is 0 Å². The van der Waals surface area contributed by atoms with Crippen molar-refractivity contribution in [3.8, 4) is 11.8 Å². The van der Waals surface area contributed by atoms with Gasteiger partial charge < -0.3 is 5.73 Å². The normalized spacial score (nSPS) is 9.90. The first-order valence-electron chi connectivity index (χ1n) is 6.38. The Kier molecular flexibility index (Phi) is 5.67. The number of thioether (sulfide) groups is 1. The molecular weight excluding hydrogens is 269 g/mol. The second kappa shape index (κ2) is 7.74. The van der Waals surface area contributed by atoms with E-state index in [1.807, 2.05) is 24.3 Å². The molecule has 3 heteroatoms. The van der Waals surface area contributed by atoms with Crippen LogP contribution in [-0.4, -0.2) is 6.54 Å². The quantitative estimate of drug-likeness (QED) is 0.869. The van der Waals surface area contributed by atoms with Crippen LogP contribution in [0.15, 0.2) is 48.5 Å². The van der Waals surface area contributed by atoms with E-state index in [1.165, 1.54) is 11.6 Å². The van der Waals surface area contributed by atoms with E-state index in [9.17, 15) is 4.39 Å². The summed E-state index contributed by atoms with van der Waals surface area (Å²) in [7, 11) is 0. The fourth-order valence-corrected chi connectivity index (χ4v) is 2.75. The molecule has 0 unspecified atom stereocenters. The van der Waals surface area contributed by atoms with Crippen LogP contribution in [0.25, 0.3) is 0 Å². The van der Waals surface area contributed by atoms with Crippen LogP contribution >= 0.6 is 11.8 Å². The van der Waals surface area contributed by atoms with Crippen LogP contribution in [0.2, 0.25) is 0 Å². The topological polar surface area (TPSA) is 26.0 Å². The van der Waals surface area contributed by atoms with Crippen molar-refractivity contribution in [3.63, 3.8) is 0 Å². The maximum Gasteiger partial charge on any atom is 0.124 e. The van der Waals surface area contributed by atoms with Crippen molar-refractivity contribution in [2.45, 2.75) is 11.5 Å². The Morgan fingerprint density at radius 3 is 2.50 bits per heavy atom. The predicted molar refractivity (Wildman–Crippen MR) is 83.8 cm³/mol. The number of hydrogen-bond donors (Lipinski definition) is 1. The standard InChI is InChI=1S/C17H16FNS/c18-17-10-15(7-4-8-19)9-16(11-17)13-20-12-14-5-2-1-3-6-14/h1-3,5-6,9-11H,8,12-13,19H2. The van der Waals surface area contributed by atoms with Gasteiger partial charge in [0.25, 0.3) is 0 Å². The van der Waals surface area contributed by atoms with Crippen molar-refractivity contribution in [1.29, 1.82) is 0 Å². The van der Waals surface area contributed by atoms with Gasteiger partial charge in [0.2, 0.25) is 0 Å². The van der Waals surface area contributed by atoms with Crippen molar-refractivity contribution in [3.05, 3.63) is 71.0 Å². The minimum absolute atomic E-state index is 0.246. The SMILES string of the molecule is NCC#Cc1cc(F)cc(CSCc2ccccc2)c1. The summed E-state index contributed by atoms with van der Waals surface area (Å²) in [5, 5.41) is 0. The molecule has 0 fully saturated rings. The molecular formula is C17H16FNS. The molecule has 0 spiro atoms. The van der Waals surface area contributed by atoms with Crippen LogP contribution in [0.5, 0.6) is 0 Å². The van der Waals surface area contributed by atoms with Gasteiger partial charge in [-0.25, -0.2) is 4.39 Å². The molecule has 0 aliphatic heterocycles. The fraction of sp³-hybridized carbons (Fsp3) is 0.176. The minimum atomic E-state index is -0.246. The van der Waals surface area contributed by atoms with E-state index in [1.54, 1.807) is 17.8 Å². The van der Waals surface area contributed by atoms with E-state index in [0.717, 1.165) is 17.1 Å². The number of hydrogen-bond acceptors (Lipinski definition) is 2. The van der Waals surface area contributed by atoms with Crippen LogP contribution < -0.4 is 5.73 Å².